The van der Waals surface area contributed by atoms with Gasteiger partial charge in [-0.05, 0) is 49.9 Å². The first-order valence-corrected chi connectivity index (χ1v) is 8.00. The summed E-state index contributed by atoms with van der Waals surface area (Å²) < 4.78 is 11.5. The van der Waals surface area contributed by atoms with Gasteiger partial charge in [-0.15, -0.1) is 0 Å². The molecular weight excluding hydrogens is 298 g/mol. The summed E-state index contributed by atoms with van der Waals surface area (Å²) >= 11 is 6.19. The highest BCUT2D eigenvalue weighted by molar-refractivity contribution is 6.33. The lowest BCUT2D eigenvalue weighted by Gasteiger charge is -2.17. The quantitative estimate of drug-likeness (QED) is 0.799. The van der Waals surface area contributed by atoms with Crippen molar-refractivity contribution in [3.05, 3.63) is 47.5 Å². The lowest BCUT2D eigenvalue weighted by Crippen LogP contribution is -2.11. The first-order valence-electron chi connectivity index (χ1n) is 7.62. The topological polar surface area (TPSA) is 30.5 Å². The van der Waals surface area contributed by atoms with Gasteiger partial charge in [0.05, 0.1) is 23.9 Å². The Kier molecular flexibility index (Phi) is 4.74. The van der Waals surface area contributed by atoms with Crippen LogP contribution in [0, 0.1) is 0 Å². The van der Waals surface area contributed by atoms with Gasteiger partial charge in [0.1, 0.15) is 0 Å². The SMILES string of the molecule is COc1ccc(Nc2ccccc2Cl)cc1OC1CCCC1. The van der Waals surface area contributed by atoms with E-state index in [1.54, 1.807) is 7.11 Å². The van der Waals surface area contributed by atoms with E-state index in [1.807, 2.05) is 42.5 Å². The summed E-state index contributed by atoms with van der Waals surface area (Å²) in [6.07, 6.45) is 5.01. The van der Waals surface area contributed by atoms with Crippen LogP contribution in [0.15, 0.2) is 42.5 Å². The van der Waals surface area contributed by atoms with Crippen molar-refractivity contribution >= 4 is 23.0 Å². The van der Waals surface area contributed by atoms with Gasteiger partial charge in [-0.25, -0.2) is 0 Å². The molecule has 3 nitrogen and oxygen atoms in total. The van der Waals surface area contributed by atoms with Crippen molar-refractivity contribution in [2.24, 2.45) is 0 Å². The number of para-hydroxylation sites is 1. The Morgan fingerprint density at radius 2 is 1.82 bits per heavy atom. The molecule has 1 N–H and O–H groups in total. The van der Waals surface area contributed by atoms with Crippen molar-refractivity contribution in [2.75, 3.05) is 12.4 Å². The van der Waals surface area contributed by atoms with E-state index in [1.165, 1.54) is 12.8 Å². The number of methoxy groups -OCH3 is 1. The Labute approximate surface area is 136 Å². The zero-order valence-electron chi connectivity index (χ0n) is 12.6. The molecule has 0 amide bonds. The van der Waals surface area contributed by atoms with Crippen molar-refractivity contribution in [1.29, 1.82) is 0 Å². The summed E-state index contributed by atoms with van der Waals surface area (Å²) in [6.45, 7) is 0. The highest BCUT2D eigenvalue weighted by Crippen LogP contribution is 2.35. The number of hydrogen-bond acceptors (Lipinski definition) is 3. The molecule has 3 rings (SSSR count). The highest BCUT2D eigenvalue weighted by atomic mass is 35.5. The number of halogens is 1. The van der Waals surface area contributed by atoms with Crippen LogP contribution in [0.2, 0.25) is 5.02 Å². The van der Waals surface area contributed by atoms with Crippen LogP contribution >= 0.6 is 11.6 Å². The fourth-order valence-corrected chi connectivity index (χ4v) is 2.93. The molecule has 0 bridgehead atoms. The molecule has 1 fully saturated rings. The molecule has 1 saturated carbocycles. The second kappa shape index (κ2) is 6.93. The maximum absolute atomic E-state index is 6.19. The number of nitrogens with one attached hydrogen (secondary N) is 1. The van der Waals surface area contributed by atoms with Gasteiger partial charge in [-0.3, -0.25) is 0 Å². The first-order chi connectivity index (χ1) is 10.8. The predicted octanol–water partition coefficient (Wildman–Crippen LogP) is 5.41. The molecule has 0 heterocycles. The maximum atomic E-state index is 6.19. The van der Waals surface area contributed by atoms with Gasteiger partial charge in [0, 0.05) is 11.8 Å². The fraction of sp³-hybridized carbons (Fsp3) is 0.333. The third-order valence-corrected chi connectivity index (χ3v) is 4.24. The number of rotatable bonds is 5. The molecule has 2 aromatic rings. The monoisotopic (exact) mass is 317 g/mol. The van der Waals surface area contributed by atoms with Crippen LogP contribution in [0.4, 0.5) is 11.4 Å². The predicted molar refractivity (Wildman–Crippen MR) is 90.6 cm³/mol. The van der Waals surface area contributed by atoms with Gasteiger partial charge < -0.3 is 14.8 Å². The lowest BCUT2D eigenvalue weighted by atomic mass is 10.2. The van der Waals surface area contributed by atoms with E-state index in [0.29, 0.717) is 11.1 Å². The van der Waals surface area contributed by atoms with Crippen LogP contribution in [0.5, 0.6) is 11.5 Å². The minimum absolute atomic E-state index is 0.296. The third kappa shape index (κ3) is 3.47. The second-order valence-corrected chi connectivity index (χ2v) is 5.90. The maximum Gasteiger partial charge on any atom is 0.163 e. The minimum atomic E-state index is 0.296. The molecule has 1 aliphatic rings. The summed E-state index contributed by atoms with van der Waals surface area (Å²) in [4.78, 5) is 0. The van der Waals surface area contributed by atoms with Crippen molar-refractivity contribution in [3.8, 4) is 11.5 Å². The van der Waals surface area contributed by atoms with Gasteiger partial charge in [0.25, 0.3) is 0 Å². The number of benzene rings is 2. The summed E-state index contributed by atoms with van der Waals surface area (Å²) in [7, 11) is 1.66. The molecule has 0 aromatic heterocycles. The summed E-state index contributed by atoms with van der Waals surface area (Å²) in [6, 6.07) is 13.5. The molecule has 0 aliphatic heterocycles. The second-order valence-electron chi connectivity index (χ2n) is 5.49. The Hall–Kier alpha value is -1.87. The summed E-state index contributed by atoms with van der Waals surface area (Å²) in [5, 5.41) is 4.01. The molecule has 0 saturated heterocycles. The van der Waals surface area contributed by atoms with Crippen LogP contribution in [-0.4, -0.2) is 13.2 Å². The molecule has 0 atom stereocenters. The fourth-order valence-electron chi connectivity index (χ4n) is 2.75. The standard InChI is InChI=1S/C18H20ClNO2/c1-21-17-11-10-13(20-16-9-5-4-8-15(16)19)12-18(17)22-14-6-2-3-7-14/h4-5,8-12,14,20H,2-3,6-7H2,1H3. The number of hydrogen-bond donors (Lipinski definition) is 1. The van der Waals surface area contributed by atoms with Crippen molar-refractivity contribution in [2.45, 2.75) is 31.8 Å². The van der Waals surface area contributed by atoms with Gasteiger partial charge in [0.15, 0.2) is 11.5 Å². The molecule has 1 aliphatic carbocycles. The molecular formula is C18H20ClNO2. The van der Waals surface area contributed by atoms with Crippen LogP contribution in [0.3, 0.4) is 0 Å². The van der Waals surface area contributed by atoms with E-state index in [4.69, 9.17) is 21.1 Å². The Morgan fingerprint density at radius 3 is 2.55 bits per heavy atom. The normalized spacial score (nSPS) is 14.8. The third-order valence-electron chi connectivity index (χ3n) is 3.91. The number of ether oxygens (including phenoxy) is 2. The van der Waals surface area contributed by atoms with Gasteiger partial charge >= 0.3 is 0 Å². The van der Waals surface area contributed by atoms with Crippen LogP contribution in [0.1, 0.15) is 25.7 Å². The Morgan fingerprint density at radius 1 is 1.05 bits per heavy atom. The van der Waals surface area contributed by atoms with E-state index in [9.17, 15) is 0 Å². The van der Waals surface area contributed by atoms with E-state index >= 15 is 0 Å². The summed E-state index contributed by atoms with van der Waals surface area (Å²) in [5.74, 6) is 1.54. The van der Waals surface area contributed by atoms with E-state index in [-0.39, 0.29) is 0 Å². The smallest absolute Gasteiger partial charge is 0.163 e. The molecule has 0 radical (unpaired) electrons. The lowest BCUT2D eigenvalue weighted by molar-refractivity contribution is 0.201. The molecule has 2 aromatic carbocycles. The van der Waals surface area contributed by atoms with Gasteiger partial charge in [0.2, 0.25) is 0 Å². The molecule has 0 spiro atoms. The van der Waals surface area contributed by atoms with E-state index in [0.717, 1.165) is 35.7 Å². The van der Waals surface area contributed by atoms with Crippen LogP contribution in [-0.2, 0) is 0 Å². The zero-order chi connectivity index (χ0) is 15.4. The number of anilines is 2. The highest BCUT2D eigenvalue weighted by Gasteiger charge is 2.18. The van der Waals surface area contributed by atoms with Crippen LogP contribution in [0.25, 0.3) is 0 Å². The molecule has 4 heteroatoms. The van der Waals surface area contributed by atoms with Crippen molar-refractivity contribution < 1.29 is 9.47 Å². The van der Waals surface area contributed by atoms with Crippen molar-refractivity contribution in [1.82, 2.24) is 0 Å². The molecule has 0 unspecified atom stereocenters. The molecule has 116 valence electrons. The summed E-state index contributed by atoms with van der Waals surface area (Å²) in [5.41, 5.74) is 1.81. The molecule has 22 heavy (non-hydrogen) atoms. The average Bonchev–Trinajstić information content (AvgIpc) is 3.03. The van der Waals surface area contributed by atoms with E-state index < -0.39 is 0 Å². The minimum Gasteiger partial charge on any atom is -0.493 e. The Bertz CT molecular complexity index is 639. The van der Waals surface area contributed by atoms with Gasteiger partial charge in [-0.1, -0.05) is 23.7 Å². The van der Waals surface area contributed by atoms with E-state index in [2.05, 4.69) is 5.32 Å². The first kappa shape index (κ1) is 15.0. The average molecular weight is 318 g/mol. The zero-order valence-corrected chi connectivity index (χ0v) is 13.4. The largest absolute Gasteiger partial charge is 0.493 e. The van der Waals surface area contributed by atoms with Crippen LogP contribution < -0.4 is 14.8 Å². The van der Waals surface area contributed by atoms with Gasteiger partial charge in [-0.2, -0.15) is 0 Å². The van der Waals surface area contributed by atoms with Crippen molar-refractivity contribution in [3.63, 3.8) is 0 Å². The Balaban J connectivity index is 1.81.